The van der Waals surface area contributed by atoms with Gasteiger partial charge in [0.1, 0.15) is 5.69 Å². The van der Waals surface area contributed by atoms with E-state index >= 15 is 0 Å². The van der Waals surface area contributed by atoms with Gasteiger partial charge < -0.3 is 15.5 Å². The molecular formula is C21H22ClN5O. The van der Waals surface area contributed by atoms with Crippen molar-refractivity contribution < 1.29 is 4.79 Å². The van der Waals surface area contributed by atoms with E-state index in [1.165, 1.54) is 6.20 Å². The molecule has 0 unspecified atom stereocenters. The van der Waals surface area contributed by atoms with E-state index in [9.17, 15) is 4.79 Å². The van der Waals surface area contributed by atoms with Gasteiger partial charge in [0.05, 0.1) is 0 Å². The Morgan fingerprint density at radius 1 is 1.04 bits per heavy atom. The number of anilines is 4. The van der Waals surface area contributed by atoms with Crippen LogP contribution in [0.5, 0.6) is 0 Å². The minimum Gasteiger partial charge on any atom is -0.372 e. The topological polar surface area (TPSA) is 70.2 Å². The zero-order valence-electron chi connectivity index (χ0n) is 15.8. The molecule has 144 valence electrons. The van der Waals surface area contributed by atoms with Crippen LogP contribution >= 0.6 is 11.6 Å². The molecule has 0 aliphatic heterocycles. The van der Waals surface area contributed by atoms with Crippen molar-refractivity contribution in [2.75, 3.05) is 28.6 Å². The highest BCUT2D eigenvalue weighted by molar-refractivity contribution is 6.30. The monoisotopic (exact) mass is 395 g/mol. The summed E-state index contributed by atoms with van der Waals surface area (Å²) in [5, 5.41) is 6.51. The highest BCUT2D eigenvalue weighted by Gasteiger charge is 2.10. The summed E-state index contributed by atoms with van der Waals surface area (Å²) in [4.78, 5) is 23.2. The predicted molar refractivity (Wildman–Crippen MR) is 115 cm³/mol. The van der Waals surface area contributed by atoms with Crippen molar-refractivity contribution in [1.29, 1.82) is 0 Å². The molecule has 0 saturated heterocycles. The Kier molecular flexibility index (Phi) is 6.45. The average Bonchev–Trinajstić information content (AvgIpc) is 2.70. The van der Waals surface area contributed by atoms with E-state index in [0.717, 1.165) is 24.5 Å². The fourth-order valence-electron chi connectivity index (χ4n) is 2.78. The van der Waals surface area contributed by atoms with Gasteiger partial charge >= 0.3 is 0 Å². The Hall–Kier alpha value is -3.12. The molecule has 3 rings (SSSR count). The molecule has 0 aliphatic carbocycles. The molecule has 0 bridgehead atoms. The Morgan fingerprint density at radius 3 is 2.46 bits per heavy atom. The smallest absolute Gasteiger partial charge is 0.274 e. The van der Waals surface area contributed by atoms with Gasteiger partial charge in [0.2, 0.25) is 5.95 Å². The third kappa shape index (κ3) is 4.98. The molecule has 1 aromatic heterocycles. The number of nitrogens with one attached hydrogen (secondary N) is 2. The van der Waals surface area contributed by atoms with Crippen LogP contribution in [0.4, 0.5) is 23.0 Å². The zero-order valence-corrected chi connectivity index (χ0v) is 16.6. The number of carbonyl (C=O) groups excluding carboxylic acids is 1. The second kappa shape index (κ2) is 9.19. The number of aromatic nitrogens is 2. The maximum atomic E-state index is 12.5. The first-order valence-electron chi connectivity index (χ1n) is 9.11. The van der Waals surface area contributed by atoms with Crippen molar-refractivity contribution in [1.82, 2.24) is 9.97 Å². The minimum atomic E-state index is -0.299. The van der Waals surface area contributed by atoms with Crippen LogP contribution in [0.3, 0.4) is 0 Å². The van der Waals surface area contributed by atoms with Gasteiger partial charge in [-0.05, 0) is 62.4 Å². The van der Waals surface area contributed by atoms with Crippen LogP contribution in [0.25, 0.3) is 0 Å². The predicted octanol–water partition coefficient (Wildman–Crippen LogP) is 4.97. The lowest BCUT2D eigenvalue weighted by Crippen LogP contribution is -2.21. The number of halogens is 1. The summed E-state index contributed by atoms with van der Waals surface area (Å²) in [6, 6.07) is 16.5. The third-order valence-electron chi connectivity index (χ3n) is 4.22. The minimum absolute atomic E-state index is 0.271. The molecule has 6 nitrogen and oxygen atoms in total. The molecule has 28 heavy (non-hydrogen) atoms. The van der Waals surface area contributed by atoms with E-state index in [-0.39, 0.29) is 11.6 Å². The SMILES string of the molecule is CCN(CC)c1ccc(NC(=O)c2ccnc(Nc3cccc(Cl)c3)n2)cc1. The van der Waals surface area contributed by atoms with Gasteiger partial charge in [-0.1, -0.05) is 17.7 Å². The molecule has 3 aromatic rings. The lowest BCUT2D eigenvalue weighted by atomic mass is 10.2. The van der Waals surface area contributed by atoms with Crippen molar-refractivity contribution in [3.8, 4) is 0 Å². The van der Waals surface area contributed by atoms with E-state index in [0.29, 0.717) is 16.7 Å². The van der Waals surface area contributed by atoms with Gasteiger partial charge in [-0.3, -0.25) is 4.79 Å². The highest BCUT2D eigenvalue weighted by atomic mass is 35.5. The summed E-state index contributed by atoms with van der Waals surface area (Å²) in [7, 11) is 0. The molecule has 0 spiro atoms. The molecule has 7 heteroatoms. The molecule has 2 aromatic carbocycles. The largest absolute Gasteiger partial charge is 0.372 e. The summed E-state index contributed by atoms with van der Waals surface area (Å²) >= 11 is 5.98. The standard InChI is InChI=1S/C21H22ClN5O/c1-3-27(4-2)18-10-8-16(9-11-18)24-20(28)19-12-13-23-21(26-19)25-17-7-5-6-15(22)14-17/h5-14H,3-4H2,1-2H3,(H,24,28)(H,23,25,26). The Balaban J connectivity index is 1.69. The second-order valence-electron chi connectivity index (χ2n) is 6.07. The zero-order chi connectivity index (χ0) is 19.9. The Labute approximate surface area is 169 Å². The first-order chi connectivity index (χ1) is 13.6. The molecule has 2 N–H and O–H groups in total. The van der Waals surface area contributed by atoms with Crippen molar-refractivity contribution in [2.24, 2.45) is 0 Å². The van der Waals surface area contributed by atoms with Gasteiger partial charge in [-0.15, -0.1) is 0 Å². The van der Waals surface area contributed by atoms with E-state index in [1.807, 2.05) is 36.4 Å². The summed E-state index contributed by atoms with van der Waals surface area (Å²) in [5.41, 5.74) is 2.85. The summed E-state index contributed by atoms with van der Waals surface area (Å²) < 4.78 is 0. The molecule has 0 aliphatic rings. The number of nitrogens with zero attached hydrogens (tertiary/aromatic N) is 3. The van der Waals surface area contributed by atoms with Gasteiger partial charge in [0.25, 0.3) is 5.91 Å². The number of hydrogen-bond donors (Lipinski definition) is 2. The van der Waals surface area contributed by atoms with E-state index in [1.54, 1.807) is 18.2 Å². The molecule has 0 saturated carbocycles. The molecule has 0 fully saturated rings. The van der Waals surface area contributed by atoms with Gasteiger partial charge in [-0.25, -0.2) is 9.97 Å². The van der Waals surface area contributed by atoms with Crippen molar-refractivity contribution in [2.45, 2.75) is 13.8 Å². The van der Waals surface area contributed by atoms with Crippen LogP contribution in [0.15, 0.2) is 60.8 Å². The summed E-state index contributed by atoms with van der Waals surface area (Å²) in [6.45, 7) is 6.10. The van der Waals surface area contributed by atoms with Crippen molar-refractivity contribution >= 4 is 40.5 Å². The van der Waals surface area contributed by atoms with Crippen molar-refractivity contribution in [3.63, 3.8) is 0 Å². The van der Waals surface area contributed by atoms with Crippen LogP contribution < -0.4 is 15.5 Å². The van der Waals surface area contributed by atoms with E-state index in [2.05, 4.69) is 39.3 Å². The normalized spacial score (nSPS) is 10.4. The summed E-state index contributed by atoms with van der Waals surface area (Å²) in [5.74, 6) is 0.0268. The van der Waals surface area contributed by atoms with Gasteiger partial charge in [0.15, 0.2) is 0 Å². The molecule has 1 heterocycles. The highest BCUT2D eigenvalue weighted by Crippen LogP contribution is 2.19. The Morgan fingerprint density at radius 2 is 1.79 bits per heavy atom. The maximum absolute atomic E-state index is 12.5. The van der Waals surface area contributed by atoms with Crippen LogP contribution in [0, 0.1) is 0 Å². The van der Waals surface area contributed by atoms with Crippen LogP contribution in [0.1, 0.15) is 24.3 Å². The number of benzene rings is 2. The lowest BCUT2D eigenvalue weighted by Gasteiger charge is -2.21. The summed E-state index contributed by atoms with van der Waals surface area (Å²) in [6.07, 6.45) is 1.54. The molecular weight excluding hydrogens is 374 g/mol. The van der Waals surface area contributed by atoms with Gasteiger partial charge in [0, 0.05) is 41.4 Å². The quantitative estimate of drug-likeness (QED) is 0.590. The first-order valence-corrected chi connectivity index (χ1v) is 9.49. The fraction of sp³-hybridized carbons (Fsp3) is 0.190. The van der Waals surface area contributed by atoms with E-state index in [4.69, 9.17) is 11.6 Å². The van der Waals surface area contributed by atoms with Crippen LogP contribution in [-0.2, 0) is 0 Å². The molecule has 1 amide bonds. The third-order valence-corrected chi connectivity index (χ3v) is 4.46. The number of amides is 1. The first kappa shape index (κ1) is 19.6. The van der Waals surface area contributed by atoms with Crippen LogP contribution in [-0.4, -0.2) is 29.0 Å². The number of hydrogen-bond acceptors (Lipinski definition) is 5. The second-order valence-corrected chi connectivity index (χ2v) is 6.51. The maximum Gasteiger partial charge on any atom is 0.274 e. The Bertz CT molecular complexity index is 942. The van der Waals surface area contributed by atoms with E-state index < -0.39 is 0 Å². The molecule has 0 radical (unpaired) electrons. The fourth-order valence-corrected chi connectivity index (χ4v) is 2.97. The number of rotatable bonds is 7. The van der Waals surface area contributed by atoms with Crippen molar-refractivity contribution in [3.05, 3.63) is 71.5 Å². The molecule has 0 atom stereocenters. The average molecular weight is 396 g/mol. The van der Waals surface area contributed by atoms with Gasteiger partial charge in [-0.2, -0.15) is 0 Å². The van der Waals surface area contributed by atoms with Crippen LogP contribution in [0.2, 0.25) is 5.02 Å². The lowest BCUT2D eigenvalue weighted by molar-refractivity contribution is 0.102. The number of carbonyl (C=O) groups is 1.